The first kappa shape index (κ1) is 14.9. The maximum absolute atomic E-state index is 5.76. The summed E-state index contributed by atoms with van der Waals surface area (Å²) in [4.78, 5) is 8.44. The van der Waals surface area contributed by atoms with Crippen LogP contribution in [-0.2, 0) is 6.54 Å². The van der Waals surface area contributed by atoms with E-state index in [2.05, 4.69) is 23.7 Å². The molecule has 0 radical (unpaired) electrons. The summed E-state index contributed by atoms with van der Waals surface area (Å²) >= 11 is 1.83. The van der Waals surface area contributed by atoms with Crippen molar-refractivity contribution < 1.29 is 0 Å². The maximum Gasteiger partial charge on any atom is 0.0900 e. The number of likely N-dealkylation sites (tertiary alicyclic amines) is 1. The summed E-state index contributed by atoms with van der Waals surface area (Å²) in [5, 5.41) is 1.18. The van der Waals surface area contributed by atoms with Gasteiger partial charge in [0.15, 0.2) is 0 Å². The van der Waals surface area contributed by atoms with Crippen molar-refractivity contribution >= 4 is 23.7 Å². The highest BCUT2D eigenvalue weighted by molar-refractivity contribution is 7.11. The molecule has 0 aliphatic carbocycles. The third-order valence-electron chi connectivity index (χ3n) is 3.30. The SMILES string of the molecule is Cc1nc(C)c(CN2CCCC(CN)C2)s1.Cl. The number of aromatic nitrogens is 1. The Morgan fingerprint density at radius 3 is 2.82 bits per heavy atom. The van der Waals surface area contributed by atoms with Gasteiger partial charge in [0.2, 0.25) is 0 Å². The first-order valence-corrected chi connectivity index (χ1v) is 6.86. The Hall–Kier alpha value is -0.160. The Balaban J connectivity index is 0.00000144. The molecule has 0 bridgehead atoms. The normalized spacial score (nSPS) is 21.2. The second kappa shape index (κ2) is 6.69. The van der Waals surface area contributed by atoms with Gasteiger partial charge in [-0.25, -0.2) is 4.98 Å². The quantitative estimate of drug-likeness (QED) is 0.921. The molecule has 2 heterocycles. The molecule has 1 aromatic rings. The average Bonchev–Trinajstić information content (AvgIpc) is 2.58. The van der Waals surface area contributed by atoms with Gasteiger partial charge in [0.25, 0.3) is 0 Å². The summed E-state index contributed by atoms with van der Waals surface area (Å²) in [6.45, 7) is 8.47. The summed E-state index contributed by atoms with van der Waals surface area (Å²) in [5.74, 6) is 0.697. The van der Waals surface area contributed by atoms with E-state index in [1.807, 2.05) is 11.3 Å². The molecular weight excluding hydrogens is 254 g/mol. The second-order valence-corrected chi connectivity index (χ2v) is 6.01. The highest BCUT2D eigenvalue weighted by atomic mass is 35.5. The number of hydrogen-bond acceptors (Lipinski definition) is 4. The molecule has 0 spiro atoms. The maximum atomic E-state index is 5.76. The predicted octanol–water partition coefficient (Wildman–Crippen LogP) is 2.35. The monoisotopic (exact) mass is 275 g/mol. The summed E-state index contributed by atoms with van der Waals surface area (Å²) in [7, 11) is 0. The number of nitrogens with two attached hydrogens (primary N) is 1. The number of piperidine rings is 1. The van der Waals surface area contributed by atoms with Gasteiger partial charge in [0, 0.05) is 18.0 Å². The van der Waals surface area contributed by atoms with Gasteiger partial charge < -0.3 is 5.73 Å². The molecule has 5 heteroatoms. The third kappa shape index (κ3) is 3.91. The minimum atomic E-state index is 0. The molecule has 1 unspecified atom stereocenters. The molecule has 1 aromatic heterocycles. The number of thiazole rings is 1. The van der Waals surface area contributed by atoms with Gasteiger partial charge in [0.05, 0.1) is 10.7 Å². The molecular formula is C12H22ClN3S. The Kier molecular flexibility index (Phi) is 5.86. The fourth-order valence-electron chi connectivity index (χ4n) is 2.41. The van der Waals surface area contributed by atoms with Crippen LogP contribution in [0.25, 0.3) is 0 Å². The van der Waals surface area contributed by atoms with Crippen LogP contribution >= 0.6 is 23.7 Å². The van der Waals surface area contributed by atoms with Gasteiger partial charge in [-0.3, -0.25) is 4.90 Å². The highest BCUT2D eigenvalue weighted by Gasteiger charge is 2.19. The van der Waals surface area contributed by atoms with Gasteiger partial charge in [-0.05, 0) is 45.7 Å². The van der Waals surface area contributed by atoms with Crippen LogP contribution in [0, 0.1) is 19.8 Å². The molecule has 2 N–H and O–H groups in total. The van der Waals surface area contributed by atoms with Crippen LogP contribution < -0.4 is 5.73 Å². The van der Waals surface area contributed by atoms with Crippen molar-refractivity contribution in [3.05, 3.63) is 15.6 Å². The zero-order valence-electron chi connectivity index (χ0n) is 10.6. The fraction of sp³-hybridized carbons (Fsp3) is 0.750. The average molecular weight is 276 g/mol. The van der Waals surface area contributed by atoms with Gasteiger partial charge in [-0.15, -0.1) is 23.7 Å². The number of nitrogens with zero attached hydrogens (tertiary/aromatic N) is 2. The highest BCUT2D eigenvalue weighted by Crippen LogP contribution is 2.22. The van der Waals surface area contributed by atoms with E-state index in [1.54, 1.807) is 0 Å². The smallest absolute Gasteiger partial charge is 0.0900 e. The van der Waals surface area contributed by atoms with E-state index >= 15 is 0 Å². The van der Waals surface area contributed by atoms with Crippen LogP contribution in [0.3, 0.4) is 0 Å². The van der Waals surface area contributed by atoms with Crippen LogP contribution in [0.15, 0.2) is 0 Å². The van der Waals surface area contributed by atoms with E-state index in [4.69, 9.17) is 5.73 Å². The van der Waals surface area contributed by atoms with Crippen LogP contribution in [0.1, 0.15) is 28.4 Å². The van der Waals surface area contributed by atoms with Gasteiger partial charge in [0.1, 0.15) is 0 Å². The molecule has 0 saturated carbocycles. The molecule has 2 rings (SSSR count). The van der Waals surface area contributed by atoms with Crippen molar-refractivity contribution in [3.8, 4) is 0 Å². The Morgan fingerprint density at radius 1 is 1.47 bits per heavy atom. The third-order valence-corrected chi connectivity index (χ3v) is 4.36. The van der Waals surface area contributed by atoms with Crippen molar-refractivity contribution in [2.24, 2.45) is 11.7 Å². The van der Waals surface area contributed by atoms with E-state index in [9.17, 15) is 0 Å². The molecule has 1 saturated heterocycles. The molecule has 1 aliphatic heterocycles. The summed E-state index contributed by atoms with van der Waals surface area (Å²) in [6.07, 6.45) is 2.59. The summed E-state index contributed by atoms with van der Waals surface area (Å²) < 4.78 is 0. The Labute approximate surface area is 114 Å². The topological polar surface area (TPSA) is 42.2 Å². The van der Waals surface area contributed by atoms with E-state index in [0.717, 1.165) is 19.6 Å². The number of aryl methyl sites for hydroxylation is 2. The zero-order chi connectivity index (χ0) is 11.5. The van der Waals surface area contributed by atoms with E-state index < -0.39 is 0 Å². The predicted molar refractivity (Wildman–Crippen MR) is 75.9 cm³/mol. The number of hydrogen-bond donors (Lipinski definition) is 1. The zero-order valence-corrected chi connectivity index (χ0v) is 12.2. The lowest BCUT2D eigenvalue weighted by Crippen LogP contribution is -2.37. The molecule has 17 heavy (non-hydrogen) atoms. The van der Waals surface area contributed by atoms with Gasteiger partial charge >= 0.3 is 0 Å². The van der Waals surface area contributed by atoms with E-state index in [-0.39, 0.29) is 12.4 Å². The summed E-state index contributed by atoms with van der Waals surface area (Å²) in [5.41, 5.74) is 6.96. The number of halogens is 1. The lowest BCUT2D eigenvalue weighted by atomic mass is 9.98. The summed E-state index contributed by atoms with van der Waals surface area (Å²) in [6, 6.07) is 0. The molecule has 98 valence electrons. The first-order valence-electron chi connectivity index (χ1n) is 6.04. The molecule has 1 atom stereocenters. The second-order valence-electron chi connectivity index (χ2n) is 4.72. The Morgan fingerprint density at radius 2 is 2.24 bits per heavy atom. The first-order chi connectivity index (χ1) is 7.69. The van der Waals surface area contributed by atoms with Gasteiger partial charge in [-0.1, -0.05) is 0 Å². The Bertz CT molecular complexity index is 354. The standard InChI is InChI=1S/C12H21N3S.ClH/c1-9-12(16-10(2)14-9)8-15-5-3-4-11(6-13)7-15;/h11H,3-8,13H2,1-2H3;1H. The van der Waals surface area contributed by atoms with Crippen LogP contribution in [0.2, 0.25) is 0 Å². The van der Waals surface area contributed by atoms with Crippen LogP contribution in [0.4, 0.5) is 0 Å². The lowest BCUT2D eigenvalue weighted by Gasteiger charge is -2.31. The molecule has 3 nitrogen and oxygen atoms in total. The molecule has 1 aliphatic rings. The van der Waals surface area contributed by atoms with Crippen molar-refractivity contribution in [1.29, 1.82) is 0 Å². The minimum absolute atomic E-state index is 0. The van der Waals surface area contributed by atoms with Gasteiger partial charge in [-0.2, -0.15) is 0 Å². The van der Waals surface area contributed by atoms with Crippen LogP contribution in [0.5, 0.6) is 0 Å². The largest absolute Gasteiger partial charge is 0.330 e. The van der Waals surface area contributed by atoms with Crippen molar-refractivity contribution in [2.75, 3.05) is 19.6 Å². The molecule has 1 fully saturated rings. The molecule has 0 amide bonds. The van der Waals surface area contributed by atoms with E-state index in [0.29, 0.717) is 5.92 Å². The molecule has 0 aromatic carbocycles. The van der Waals surface area contributed by atoms with Crippen molar-refractivity contribution in [1.82, 2.24) is 9.88 Å². The number of rotatable bonds is 3. The lowest BCUT2D eigenvalue weighted by molar-refractivity contribution is 0.172. The fourth-order valence-corrected chi connectivity index (χ4v) is 3.39. The van der Waals surface area contributed by atoms with Crippen LogP contribution in [-0.4, -0.2) is 29.5 Å². The van der Waals surface area contributed by atoms with Crippen molar-refractivity contribution in [3.63, 3.8) is 0 Å². The van der Waals surface area contributed by atoms with E-state index in [1.165, 1.54) is 35.0 Å². The van der Waals surface area contributed by atoms with Crippen molar-refractivity contribution in [2.45, 2.75) is 33.2 Å². The minimum Gasteiger partial charge on any atom is -0.330 e.